The number of aryl methyl sites for hydroxylation is 1. The quantitative estimate of drug-likeness (QED) is 0.589. The fraction of sp³-hybridized carbons (Fsp3) is 0.0526. The third kappa shape index (κ3) is 3.79. The largest absolute Gasteiger partial charge is 0.321 e. The number of pyridine rings is 1. The van der Waals surface area contributed by atoms with Crippen molar-refractivity contribution in [3.8, 4) is 17.3 Å². The van der Waals surface area contributed by atoms with Crippen LogP contribution in [0.1, 0.15) is 5.56 Å². The van der Waals surface area contributed by atoms with Gasteiger partial charge < -0.3 is 5.32 Å². The molecule has 0 saturated carbocycles. The summed E-state index contributed by atoms with van der Waals surface area (Å²) in [5.74, 6) is -0.460. The SMILES string of the molecule is Cn1cc(C=C(C#N)C(=O)Nc2ccccc2)c(-c2ccncc2)n1. The van der Waals surface area contributed by atoms with E-state index in [2.05, 4.69) is 15.4 Å². The fourth-order valence-electron chi connectivity index (χ4n) is 2.37. The third-order valence-electron chi connectivity index (χ3n) is 3.51. The van der Waals surface area contributed by atoms with Crippen molar-refractivity contribution in [2.45, 2.75) is 0 Å². The minimum absolute atomic E-state index is 0.00663. The smallest absolute Gasteiger partial charge is 0.266 e. The molecule has 0 aliphatic carbocycles. The number of rotatable bonds is 4. The molecular weight excluding hydrogens is 314 g/mol. The van der Waals surface area contributed by atoms with Crippen LogP contribution in [0.5, 0.6) is 0 Å². The van der Waals surface area contributed by atoms with E-state index in [-0.39, 0.29) is 5.57 Å². The molecule has 0 atom stereocenters. The van der Waals surface area contributed by atoms with Crippen LogP contribution < -0.4 is 5.32 Å². The normalized spacial score (nSPS) is 11.0. The lowest BCUT2D eigenvalue weighted by molar-refractivity contribution is -0.112. The number of hydrogen-bond donors (Lipinski definition) is 1. The molecule has 1 N–H and O–H groups in total. The molecule has 0 aliphatic heterocycles. The molecule has 1 amide bonds. The number of carbonyl (C=O) groups excluding carboxylic acids is 1. The van der Waals surface area contributed by atoms with E-state index in [9.17, 15) is 10.1 Å². The van der Waals surface area contributed by atoms with Crippen molar-refractivity contribution in [1.29, 1.82) is 5.26 Å². The third-order valence-corrected chi connectivity index (χ3v) is 3.51. The molecule has 0 spiro atoms. The summed E-state index contributed by atoms with van der Waals surface area (Å²) in [7, 11) is 1.79. The zero-order valence-corrected chi connectivity index (χ0v) is 13.5. The number of para-hydroxylation sites is 1. The molecule has 0 bridgehead atoms. The Bertz CT molecular complexity index is 952. The number of nitrogens with zero attached hydrogens (tertiary/aromatic N) is 4. The van der Waals surface area contributed by atoms with E-state index >= 15 is 0 Å². The first-order valence-electron chi connectivity index (χ1n) is 7.59. The Morgan fingerprint density at radius 2 is 1.92 bits per heavy atom. The summed E-state index contributed by atoms with van der Waals surface area (Å²) in [6.07, 6.45) is 6.65. The number of nitrogens with one attached hydrogen (secondary N) is 1. The van der Waals surface area contributed by atoms with Crippen molar-refractivity contribution in [3.63, 3.8) is 0 Å². The highest BCUT2D eigenvalue weighted by Gasteiger charge is 2.13. The monoisotopic (exact) mass is 329 g/mol. The first-order valence-corrected chi connectivity index (χ1v) is 7.59. The number of anilines is 1. The molecule has 6 nitrogen and oxygen atoms in total. The zero-order valence-electron chi connectivity index (χ0n) is 13.5. The van der Waals surface area contributed by atoms with Crippen LogP contribution in [0.3, 0.4) is 0 Å². The minimum atomic E-state index is -0.460. The highest BCUT2D eigenvalue weighted by atomic mass is 16.1. The number of nitriles is 1. The van der Waals surface area contributed by atoms with Gasteiger partial charge in [-0.15, -0.1) is 0 Å². The molecular formula is C19H15N5O. The molecule has 0 saturated heterocycles. The van der Waals surface area contributed by atoms with Crippen LogP contribution in [-0.2, 0) is 11.8 Å². The van der Waals surface area contributed by atoms with E-state index in [1.54, 1.807) is 48.5 Å². The van der Waals surface area contributed by atoms with Crippen molar-refractivity contribution in [1.82, 2.24) is 14.8 Å². The number of aromatic nitrogens is 3. The Morgan fingerprint density at radius 1 is 1.20 bits per heavy atom. The predicted molar refractivity (Wildman–Crippen MR) is 95.1 cm³/mol. The average Bonchev–Trinajstić information content (AvgIpc) is 3.01. The van der Waals surface area contributed by atoms with Gasteiger partial charge >= 0.3 is 0 Å². The lowest BCUT2D eigenvalue weighted by Crippen LogP contribution is -2.13. The van der Waals surface area contributed by atoms with Crippen LogP contribution in [0.25, 0.3) is 17.3 Å². The van der Waals surface area contributed by atoms with E-state index in [1.807, 2.05) is 36.4 Å². The maximum Gasteiger partial charge on any atom is 0.266 e. The molecule has 122 valence electrons. The fourth-order valence-corrected chi connectivity index (χ4v) is 2.37. The second kappa shape index (κ2) is 7.23. The Balaban J connectivity index is 1.93. The van der Waals surface area contributed by atoms with Crippen molar-refractivity contribution < 1.29 is 4.79 Å². The lowest BCUT2D eigenvalue weighted by Gasteiger charge is -2.04. The summed E-state index contributed by atoms with van der Waals surface area (Å²) in [4.78, 5) is 16.4. The molecule has 0 unspecified atom stereocenters. The van der Waals surface area contributed by atoms with Crippen molar-refractivity contribution in [3.05, 3.63) is 72.2 Å². The maximum absolute atomic E-state index is 12.4. The Labute approximate surface area is 145 Å². The zero-order chi connectivity index (χ0) is 17.6. The topological polar surface area (TPSA) is 83.6 Å². The number of benzene rings is 1. The summed E-state index contributed by atoms with van der Waals surface area (Å²) in [5, 5.41) is 16.5. The maximum atomic E-state index is 12.4. The van der Waals surface area contributed by atoms with E-state index < -0.39 is 5.91 Å². The van der Waals surface area contributed by atoms with E-state index in [0.717, 1.165) is 5.56 Å². The van der Waals surface area contributed by atoms with Gasteiger partial charge in [-0.25, -0.2) is 0 Å². The van der Waals surface area contributed by atoms with Gasteiger partial charge in [-0.2, -0.15) is 10.4 Å². The molecule has 6 heteroatoms. The van der Waals surface area contributed by atoms with Crippen LogP contribution >= 0.6 is 0 Å². The van der Waals surface area contributed by atoms with E-state index in [1.165, 1.54) is 0 Å². The Morgan fingerprint density at radius 3 is 2.60 bits per heavy atom. The molecule has 1 aromatic carbocycles. The van der Waals surface area contributed by atoms with Gasteiger partial charge in [-0.05, 0) is 30.3 Å². The molecule has 3 aromatic rings. The minimum Gasteiger partial charge on any atom is -0.321 e. The summed E-state index contributed by atoms with van der Waals surface area (Å²) in [5.41, 5.74) is 2.88. The van der Waals surface area contributed by atoms with Crippen molar-refractivity contribution >= 4 is 17.7 Å². The van der Waals surface area contributed by atoms with Gasteiger partial charge in [-0.3, -0.25) is 14.5 Å². The Kier molecular flexibility index (Phi) is 4.67. The van der Waals surface area contributed by atoms with Crippen LogP contribution in [-0.4, -0.2) is 20.7 Å². The van der Waals surface area contributed by atoms with Gasteiger partial charge in [-0.1, -0.05) is 18.2 Å². The second-order valence-corrected chi connectivity index (χ2v) is 5.33. The van der Waals surface area contributed by atoms with Gasteiger partial charge in [0.1, 0.15) is 11.6 Å². The summed E-state index contributed by atoms with van der Waals surface area (Å²) in [6.45, 7) is 0. The summed E-state index contributed by atoms with van der Waals surface area (Å²) in [6, 6.07) is 14.6. The molecule has 3 rings (SSSR count). The van der Waals surface area contributed by atoms with E-state index in [4.69, 9.17) is 0 Å². The number of hydrogen-bond acceptors (Lipinski definition) is 4. The van der Waals surface area contributed by atoms with Gasteiger partial charge in [0.25, 0.3) is 5.91 Å². The number of carbonyl (C=O) groups is 1. The van der Waals surface area contributed by atoms with Crippen LogP contribution in [0.15, 0.2) is 66.6 Å². The van der Waals surface area contributed by atoms with Gasteiger partial charge in [0.05, 0.1) is 5.69 Å². The van der Waals surface area contributed by atoms with Crippen LogP contribution in [0.4, 0.5) is 5.69 Å². The highest BCUT2D eigenvalue weighted by Crippen LogP contribution is 2.23. The molecule has 0 fully saturated rings. The first kappa shape index (κ1) is 16.1. The standard InChI is InChI=1S/C19H15N5O/c1-24-13-16(18(23-24)14-7-9-21-10-8-14)11-15(12-20)19(25)22-17-5-3-2-4-6-17/h2-11,13H,1H3,(H,22,25). The molecule has 0 aliphatic rings. The van der Waals surface area contributed by atoms with E-state index in [0.29, 0.717) is 16.9 Å². The Hall–Kier alpha value is -3.72. The van der Waals surface area contributed by atoms with Gasteiger partial charge in [0, 0.05) is 42.5 Å². The van der Waals surface area contributed by atoms with Crippen molar-refractivity contribution in [2.24, 2.45) is 7.05 Å². The highest BCUT2D eigenvalue weighted by molar-refractivity contribution is 6.10. The van der Waals surface area contributed by atoms with Crippen molar-refractivity contribution in [2.75, 3.05) is 5.32 Å². The molecule has 0 radical (unpaired) electrons. The summed E-state index contributed by atoms with van der Waals surface area (Å²) < 4.78 is 1.64. The molecule has 2 heterocycles. The predicted octanol–water partition coefficient (Wildman–Crippen LogP) is 3.03. The summed E-state index contributed by atoms with van der Waals surface area (Å²) >= 11 is 0. The average molecular weight is 329 g/mol. The molecule has 25 heavy (non-hydrogen) atoms. The van der Waals surface area contributed by atoms with Gasteiger partial charge in [0.2, 0.25) is 0 Å². The number of amides is 1. The first-order chi connectivity index (χ1) is 12.2. The molecule has 2 aromatic heterocycles. The van der Waals surface area contributed by atoms with Crippen LogP contribution in [0, 0.1) is 11.3 Å². The lowest BCUT2D eigenvalue weighted by atomic mass is 10.1. The second-order valence-electron chi connectivity index (χ2n) is 5.33. The van der Waals surface area contributed by atoms with Gasteiger partial charge in [0.15, 0.2) is 0 Å². The van der Waals surface area contributed by atoms with Crippen LogP contribution in [0.2, 0.25) is 0 Å².